The van der Waals surface area contributed by atoms with Crippen molar-refractivity contribution in [1.29, 1.82) is 0 Å². The third-order valence-electron chi connectivity index (χ3n) is 3.61. The lowest BCUT2D eigenvalue weighted by Crippen LogP contribution is -1.99. The minimum Gasteiger partial charge on any atom is -0.289 e. The Morgan fingerprint density at radius 1 is 0.950 bits per heavy atom. The number of hydrogen-bond donors (Lipinski definition) is 0. The van der Waals surface area contributed by atoms with Crippen LogP contribution in [0.25, 0.3) is 12.2 Å². The summed E-state index contributed by atoms with van der Waals surface area (Å²) in [6.45, 7) is 0. The van der Waals surface area contributed by atoms with E-state index in [1.807, 2.05) is 38.4 Å². The van der Waals surface area contributed by atoms with E-state index in [9.17, 15) is 4.79 Å². The van der Waals surface area contributed by atoms with Crippen LogP contribution in [0.1, 0.15) is 24.2 Å². The molecule has 2 aromatic heterocycles. The van der Waals surface area contributed by atoms with Crippen LogP contribution in [0.5, 0.6) is 0 Å². The van der Waals surface area contributed by atoms with E-state index in [4.69, 9.17) is 0 Å². The van der Waals surface area contributed by atoms with Crippen molar-refractivity contribution < 1.29 is 4.79 Å². The van der Waals surface area contributed by atoms with Crippen molar-refractivity contribution in [3.63, 3.8) is 0 Å². The summed E-state index contributed by atoms with van der Waals surface area (Å²) < 4.78 is 3.53. The predicted molar refractivity (Wildman–Crippen MR) is 76.6 cm³/mol. The van der Waals surface area contributed by atoms with Crippen LogP contribution >= 0.6 is 0 Å². The number of aromatic nitrogens is 4. The number of carbonyl (C=O) groups excluding carboxylic acids is 1. The number of hydrogen-bond acceptors (Lipinski definition) is 3. The van der Waals surface area contributed by atoms with Gasteiger partial charge in [-0.3, -0.25) is 14.2 Å². The molecule has 0 N–H and O–H groups in total. The molecular weight excluding hydrogens is 252 g/mol. The van der Waals surface area contributed by atoms with Crippen LogP contribution in [0.15, 0.2) is 35.7 Å². The first-order valence-corrected chi connectivity index (χ1v) is 6.57. The highest BCUT2D eigenvalue weighted by Crippen LogP contribution is 2.29. The van der Waals surface area contributed by atoms with E-state index < -0.39 is 0 Å². The van der Waals surface area contributed by atoms with Crippen LogP contribution in [0, 0.1) is 0 Å². The Morgan fingerprint density at radius 3 is 1.75 bits per heavy atom. The van der Waals surface area contributed by atoms with Gasteiger partial charge in [0.2, 0.25) is 0 Å². The van der Waals surface area contributed by atoms with E-state index in [1.165, 1.54) is 0 Å². The summed E-state index contributed by atoms with van der Waals surface area (Å²) in [6.07, 6.45) is 8.90. The number of ketones is 1. The van der Waals surface area contributed by atoms with Crippen LogP contribution in [-0.2, 0) is 18.9 Å². The van der Waals surface area contributed by atoms with E-state index in [1.54, 1.807) is 21.8 Å². The van der Waals surface area contributed by atoms with Gasteiger partial charge in [0.05, 0.1) is 11.4 Å². The van der Waals surface area contributed by atoms with Gasteiger partial charge < -0.3 is 0 Å². The van der Waals surface area contributed by atoms with E-state index in [0.29, 0.717) is 0 Å². The molecule has 5 nitrogen and oxygen atoms in total. The average molecular weight is 268 g/mol. The maximum Gasteiger partial charge on any atom is 0.185 e. The van der Waals surface area contributed by atoms with Crippen molar-refractivity contribution in [2.24, 2.45) is 14.1 Å². The Balaban J connectivity index is 1.88. The molecule has 0 aliphatic heterocycles. The van der Waals surface area contributed by atoms with Gasteiger partial charge in [0.25, 0.3) is 0 Å². The SMILES string of the molecule is Cn1nccc1/C=C1\CC/C(=C\c2ccnn2C)C1=O. The predicted octanol–water partition coefficient (Wildman–Crippen LogP) is 1.98. The number of nitrogens with zero attached hydrogens (tertiary/aromatic N) is 4. The summed E-state index contributed by atoms with van der Waals surface area (Å²) in [5, 5.41) is 8.22. The number of aryl methyl sites for hydroxylation is 2. The minimum atomic E-state index is 0.132. The van der Waals surface area contributed by atoms with Crippen molar-refractivity contribution in [2.45, 2.75) is 12.8 Å². The van der Waals surface area contributed by atoms with Gasteiger partial charge in [-0.05, 0) is 37.1 Å². The quantitative estimate of drug-likeness (QED) is 0.783. The average Bonchev–Trinajstić information content (AvgIpc) is 3.09. The molecule has 0 spiro atoms. The summed E-state index contributed by atoms with van der Waals surface area (Å²) in [5.41, 5.74) is 3.61. The van der Waals surface area contributed by atoms with E-state index in [0.717, 1.165) is 35.4 Å². The number of carbonyl (C=O) groups is 1. The molecule has 0 radical (unpaired) electrons. The van der Waals surface area contributed by atoms with Crippen LogP contribution in [-0.4, -0.2) is 25.3 Å². The highest BCUT2D eigenvalue weighted by atomic mass is 16.1. The van der Waals surface area contributed by atoms with Crippen LogP contribution in [0.2, 0.25) is 0 Å². The molecule has 2 aromatic rings. The molecule has 1 fully saturated rings. The molecule has 20 heavy (non-hydrogen) atoms. The minimum absolute atomic E-state index is 0.132. The molecule has 0 aromatic carbocycles. The lowest BCUT2D eigenvalue weighted by Gasteiger charge is -1.98. The Hall–Kier alpha value is -2.43. The maximum atomic E-state index is 12.4. The number of rotatable bonds is 2. The first-order valence-electron chi connectivity index (χ1n) is 6.57. The summed E-state index contributed by atoms with van der Waals surface area (Å²) in [7, 11) is 3.75. The summed E-state index contributed by atoms with van der Waals surface area (Å²) in [5.74, 6) is 0.132. The second-order valence-electron chi connectivity index (χ2n) is 4.93. The van der Waals surface area contributed by atoms with E-state index in [-0.39, 0.29) is 5.78 Å². The van der Waals surface area contributed by atoms with Gasteiger partial charge in [-0.15, -0.1) is 0 Å². The van der Waals surface area contributed by atoms with Gasteiger partial charge in [-0.2, -0.15) is 10.2 Å². The molecule has 0 unspecified atom stereocenters. The molecule has 102 valence electrons. The molecule has 0 amide bonds. The molecule has 0 atom stereocenters. The lowest BCUT2D eigenvalue weighted by molar-refractivity contribution is -0.111. The van der Waals surface area contributed by atoms with Gasteiger partial charge in [-0.25, -0.2) is 0 Å². The molecule has 3 rings (SSSR count). The fraction of sp³-hybridized carbons (Fsp3) is 0.267. The van der Waals surface area contributed by atoms with Crippen molar-refractivity contribution in [1.82, 2.24) is 19.6 Å². The van der Waals surface area contributed by atoms with Crippen molar-refractivity contribution in [3.8, 4) is 0 Å². The van der Waals surface area contributed by atoms with Crippen molar-refractivity contribution in [3.05, 3.63) is 47.1 Å². The zero-order chi connectivity index (χ0) is 14.1. The van der Waals surface area contributed by atoms with Gasteiger partial charge in [-0.1, -0.05) is 0 Å². The second-order valence-corrected chi connectivity index (χ2v) is 4.93. The number of Topliss-reactive ketones (excluding diaryl/α,β-unsaturated/α-hetero) is 1. The Labute approximate surface area is 117 Å². The fourth-order valence-corrected chi connectivity index (χ4v) is 2.39. The third kappa shape index (κ3) is 2.22. The van der Waals surface area contributed by atoms with Crippen molar-refractivity contribution in [2.75, 3.05) is 0 Å². The first-order chi connectivity index (χ1) is 9.65. The zero-order valence-corrected chi connectivity index (χ0v) is 11.6. The molecule has 2 heterocycles. The number of allylic oxidation sites excluding steroid dienone is 2. The molecule has 0 saturated heterocycles. The molecule has 1 saturated carbocycles. The molecular formula is C15H16N4O. The van der Waals surface area contributed by atoms with Gasteiger partial charge >= 0.3 is 0 Å². The van der Waals surface area contributed by atoms with Gasteiger partial charge in [0.15, 0.2) is 5.78 Å². The largest absolute Gasteiger partial charge is 0.289 e. The highest BCUT2D eigenvalue weighted by molar-refractivity contribution is 6.15. The summed E-state index contributed by atoms with van der Waals surface area (Å²) >= 11 is 0. The summed E-state index contributed by atoms with van der Waals surface area (Å²) in [4.78, 5) is 12.4. The highest BCUT2D eigenvalue weighted by Gasteiger charge is 2.23. The fourth-order valence-electron chi connectivity index (χ4n) is 2.39. The van der Waals surface area contributed by atoms with Crippen LogP contribution in [0.3, 0.4) is 0 Å². The normalized spacial score (nSPS) is 19.4. The Bertz CT molecular complexity index is 658. The summed E-state index contributed by atoms with van der Waals surface area (Å²) in [6, 6.07) is 3.81. The Morgan fingerprint density at radius 2 is 1.40 bits per heavy atom. The first kappa shape index (κ1) is 12.6. The van der Waals surface area contributed by atoms with Crippen LogP contribution < -0.4 is 0 Å². The Kier molecular flexibility index (Phi) is 3.10. The molecule has 0 bridgehead atoms. The molecule has 5 heteroatoms. The van der Waals surface area contributed by atoms with Crippen LogP contribution in [0.4, 0.5) is 0 Å². The topological polar surface area (TPSA) is 52.7 Å². The zero-order valence-electron chi connectivity index (χ0n) is 11.6. The lowest BCUT2D eigenvalue weighted by atomic mass is 10.1. The second kappa shape index (κ2) is 4.92. The maximum absolute atomic E-state index is 12.4. The smallest absolute Gasteiger partial charge is 0.185 e. The monoisotopic (exact) mass is 268 g/mol. The molecule has 1 aliphatic rings. The third-order valence-corrected chi connectivity index (χ3v) is 3.61. The molecule has 1 aliphatic carbocycles. The van der Waals surface area contributed by atoms with E-state index in [2.05, 4.69) is 10.2 Å². The van der Waals surface area contributed by atoms with Crippen molar-refractivity contribution >= 4 is 17.9 Å². The van der Waals surface area contributed by atoms with Gasteiger partial charge in [0.1, 0.15) is 0 Å². The van der Waals surface area contributed by atoms with Gasteiger partial charge in [0, 0.05) is 37.6 Å². The van der Waals surface area contributed by atoms with E-state index >= 15 is 0 Å². The standard InChI is InChI=1S/C15H16N4O/c1-18-13(5-7-16-18)9-11-3-4-12(15(11)20)10-14-6-8-17-19(14)2/h5-10H,3-4H2,1-2H3/b11-9+,12-10+.